The van der Waals surface area contributed by atoms with Crippen LogP contribution in [-0.4, -0.2) is 36.1 Å². The standard InChI is InChI=1S/C17H20FN3.ClH/c18-15-4-3-13(16-14(15)2-1-7-20-16)10-21-9-6-17(12-21)5-8-19-11-17;/h1-4,7,19H,5-6,8-12H2;1H. The van der Waals surface area contributed by atoms with Crippen molar-refractivity contribution in [2.75, 3.05) is 26.2 Å². The number of nitrogens with one attached hydrogen (secondary N) is 1. The first kappa shape index (κ1) is 15.7. The van der Waals surface area contributed by atoms with Crippen LogP contribution in [0, 0.1) is 11.2 Å². The quantitative estimate of drug-likeness (QED) is 0.921. The maximum atomic E-state index is 13.9. The summed E-state index contributed by atoms with van der Waals surface area (Å²) in [4.78, 5) is 6.89. The summed E-state index contributed by atoms with van der Waals surface area (Å²) in [5.74, 6) is -0.181. The van der Waals surface area contributed by atoms with Gasteiger partial charge in [0.15, 0.2) is 0 Å². The average molecular weight is 322 g/mol. The molecule has 3 heterocycles. The zero-order chi connectivity index (χ0) is 14.3. The van der Waals surface area contributed by atoms with E-state index in [1.165, 1.54) is 12.8 Å². The molecule has 2 saturated heterocycles. The van der Waals surface area contributed by atoms with Gasteiger partial charge >= 0.3 is 0 Å². The number of halogens is 2. The summed E-state index contributed by atoms with van der Waals surface area (Å²) in [6.07, 6.45) is 4.30. The van der Waals surface area contributed by atoms with Gasteiger partial charge in [-0.15, -0.1) is 12.4 Å². The molecule has 1 aromatic heterocycles. The predicted molar refractivity (Wildman–Crippen MR) is 88.8 cm³/mol. The fourth-order valence-corrected chi connectivity index (χ4v) is 3.87. The Balaban J connectivity index is 0.00000144. The van der Waals surface area contributed by atoms with Gasteiger partial charge in [-0.05, 0) is 55.1 Å². The predicted octanol–water partition coefficient (Wildman–Crippen LogP) is 2.98. The first-order valence-corrected chi connectivity index (χ1v) is 7.71. The SMILES string of the molecule is Cl.Fc1ccc(CN2CCC3(CCNC3)C2)c2ncccc12. The Labute approximate surface area is 136 Å². The van der Waals surface area contributed by atoms with Gasteiger partial charge in [0.2, 0.25) is 0 Å². The van der Waals surface area contributed by atoms with Crippen molar-refractivity contribution in [3.63, 3.8) is 0 Å². The van der Waals surface area contributed by atoms with Crippen molar-refractivity contribution >= 4 is 23.3 Å². The molecular formula is C17H21ClFN3. The molecule has 2 aromatic rings. The molecule has 3 nitrogen and oxygen atoms in total. The molecule has 1 aromatic carbocycles. The van der Waals surface area contributed by atoms with Gasteiger partial charge in [-0.1, -0.05) is 6.07 Å². The van der Waals surface area contributed by atoms with Gasteiger partial charge in [0.1, 0.15) is 5.82 Å². The first-order chi connectivity index (χ1) is 10.3. The van der Waals surface area contributed by atoms with Crippen LogP contribution in [0.5, 0.6) is 0 Å². The molecule has 118 valence electrons. The van der Waals surface area contributed by atoms with Crippen LogP contribution in [0.25, 0.3) is 10.9 Å². The largest absolute Gasteiger partial charge is 0.316 e. The van der Waals surface area contributed by atoms with Crippen molar-refractivity contribution < 1.29 is 4.39 Å². The van der Waals surface area contributed by atoms with Crippen LogP contribution in [0.2, 0.25) is 0 Å². The zero-order valence-electron chi connectivity index (χ0n) is 12.5. The Morgan fingerprint density at radius 1 is 1.27 bits per heavy atom. The molecule has 2 fully saturated rings. The van der Waals surface area contributed by atoms with Crippen LogP contribution in [0.1, 0.15) is 18.4 Å². The maximum absolute atomic E-state index is 13.9. The molecule has 1 atom stereocenters. The molecule has 5 heteroatoms. The van der Waals surface area contributed by atoms with E-state index in [9.17, 15) is 4.39 Å². The average Bonchev–Trinajstić information content (AvgIpc) is 3.13. The lowest BCUT2D eigenvalue weighted by Crippen LogP contribution is -2.29. The summed E-state index contributed by atoms with van der Waals surface area (Å²) < 4.78 is 13.9. The van der Waals surface area contributed by atoms with Crippen molar-refractivity contribution in [2.45, 2.75) is 19.4 Å². The lowest BCUT2D eigenvalue weighted by Gasteiger charge is -2.23. The van der Waals surface area contributed by atoms with Crippen LogP contribution < -0.4 is 5.32 Å². The minimum atomic E-state index is -0.181. The van der Waals surface area contributed by atoms with Crippen LogP contribution in [0.3, 0.4) is 0 Å². The van der Waals surface area contributed by atoms with Gasteiger partial charge in [-0.2, -0.15) is 0 Å². The highest BCUT2D eigenvalue weighted by molar-refractivity contribution is 5.85. The van der Waals surface area contributed by atoms with Gasteiger partial charge in [-0.3, -0.25) is 9.88 Å². The van der Waals surface area contributed by atoms with E-state index in [1.807, 2.05) is 12.1 Å². The number of benzene rings is 1. The minimum Gasteiger partial charge on any atom is -0.316 e. The van der Waals surface area contributed by atoms with E-state index in [4.69, 9.17) is 0 Å². The molecule has 2 aliphatic rings. The Kier molecular flexibility index (Phi) is 4.35. The summed E-state index contributed by atoms with van der Waals surface area (Å²) in [5.41, 5.74) is 2.42. The number of hydrogen-bond donors (Lipinski definition) is 1. The van der Waals surface area contributed by atoms with E-state index in [-0.39, 0.29) is 18.2 Å². The van der Waals surface area contributed by atoms with Crippen LogP contribution in [-0.2, 0) is 6.54 Å². The third kappa shape index (κ3) is 2.71. The van der Waals surface area contributed by atoms with Crippen LogP contribution in [0.15, 0.2) is 30.5 Å². The fourth-order valence-electron chi connectivity index (χ4n) is 3.87. The van der Waals surface area contributed by atoms with Gasteiger partial charge in [0.05, 0.1) is 5.52 Å². The van der Waals surface area contributed by atoms with E-state index in [2.05, 4.69) is 15.2 Å². The zero-order valence-corrected chi connectivity index (χ0v) is 13.3. The Morgan fingerprint density at radius 2 is 2.18 bits per heavy atom. The van der Waals surface area contributed by atoms with Gasteiger partial charge < -0.3 is 5.32 Å². The molecule has 22 heavy (non-hydrogen) atoms. The van der Waals surface area contributed by atoms with Crippen molar-refractivity contribution in [3.05, 3.63) is 41.8 Å². The number of likely N-dealkylation sites (tertiary alicyclic amines) is 1. The van der Waals surface area contributed by atoms with Gasteiger partial charge in [0.25, 0.3) is 0 Å². The van der Waals surface area contributed by atoms with Crippen molar-refractivity contribution in [2.24, 2.45) is 5.41 Å². The number of aromatic nitrogens is 1. The Morgan fingerprint density at radius 3 is 3.00 bits per heavy atom. The second-order valence-electron chi connectivity index (χ2n) is 6.49. The number of fused-ring (bicyclic) bond motifs is 1. The Hall–Kier alpha value is -1.23. The first-order valence-electron chi connectivity index (χ1n) is 7.71. The molecule has 0 radical (unpaired) electrons. The molecule has 1 N–H and O–H groups in total. The highest BCUT2D eigenvalue weighted by Crippen LogP contribution is 2.37. The number of pyridine rings is 1. The molecule has 0 aliphatic carbocycles. The molecule has 1 spiro atoms. The number of rotatable bonds is 2. The lowest BCUT2D eigenvalue weighted by atomic mass is 9.86. The second kappa shape index (κ2) is 6.11. The van der Waals surface area contributed by atoms with Gasteiger partial charge in [-0.25, -0.2) is 4.39 Å². The fraction of sp³-hybridized carbons (Fsp3) is 0.471. The normalized spacial score (nSPS) is 25.0. The lowest BCUT2D eigenvalue weighted by molar-refractivity contribution is 0.269. The summed E-state index contributed by atoms with van der Waals surface area (Å²) in [7, 11) is 0. The summed E-state index contributed by atoms with van der Waals surface area (Å²) in [6.45, 7) is 5.44. The highest BCUT2D eigenvalue weighted by atomic mass is 35.5. The van der Waals surface area contributed by atoms with Crippen LogP contribution >= 0.6 is 12.4 Å². The molecule has 2 aliphatic heterocycles. The summed E-state index contributed by atoms with van der Waals surface area (Å²) >= 11 is 0. The van der Waals surface area contributed by atoms with E-state index >= 15 is 0 Å². The van der Waals surface area contributed by atoms with E-state index in [0.717, 1.165) is 43.8 Å². The van der Waals surface area contributed by atoms with E-state index < -0.39 is 0 Å². The van der Waals surface area contributed by atoms with Crippen molar-refractivity contribution in [1.82, 2.24) is 15.2 Å². The molecule has 0 saturated carbocycles. The second-order valence-corrected chi connectivity index (χ2v) is 6.49. The third-order valence-electron chi connectivity index (χ3n) is 5.04. The molecule has 4 rings (SSSR count). The third-order valence-corrected chi connectivity index (χ3v) is 5.04. The molecule has 1 unspecified atom stereocenters. The highest BCUT2D eigenvalue weighted by Gasteiger charge is 2.40. The monoisotopic (exact) mass is 321 g/mol. The summed E-state index contributed by atoms with van der Waals surface area (Å²) in [6, 6.07) is 7.07. The van der Waals surface area contributed by atoms with Crippen molar-refractivity contribution in [1.29, 1.82) is 0 Å². The molecular weight excluding hydrogens is 301 g/mol. The molecule has 0 bridgehead atoms. The summed E-state index contributed by atoms with van der Waals surface area (Å²) in [5, 5.41) is 4.12. The van der Waals surface area contributed by atoms with E-state index in [1.54, 1.807) is 18.3 Å². The topological polar surface area (TPSA) is 28.2 Å². The maximum Gasteiger partial charge on any atom is 0.132 e. The molecule has 0 amide bonds. The minimum absolute atomic E-state index is 0. The van der Waals surface area contributed by atoms with Crippen LogP contribution in [0.4, 0.5) is 4.39 Å². The number of nitrogens with zero attached hydrogens (tertiary/aromatic N) is 2. The Bertz CT molecular complexity index is 670. The van der Waals surface area contributed by atoms with E-state index in [0.29, 0.717) is 10.8 Å². The van der Waals surface area contributed by atoms with Crippen molar-refractivity contribution in [3.8, 4) is 0 Å². The smallest absolute Gasteiger partial charge is 0.132 e. The number of hydrogen-bond acceptors (Lipinski definition) is 3. The van der Waals surface area contributed by atoms with Gasteiger partial charge in [0, 0.05) is 31.2 Å².